The third-order valence-corrected chi connectivity index (χ3v) is 4.23. The van der Waals surface area contributed by atoms with Crippen molar-refractivity contribution >= 4 is 17.5 Å². The van der Waals surface area contributed by atoms with Gasteiger partial charge in [-0.05, 0) is 24.0 Å². The van der Waals surface area contributed by atoms with Crippen LogP contribution in [0.25, 0.3) is 0 Å². The van der Waals surface area contributed by atoms with Gasteiger partial charge in [0.05, 0.1) is 6.54 Å². The lowest BCUT2D eigenvalue weighted by atomic mass is 9.95. The Morgan fingerprint density at radius 1 is 1.50 bits per heavy atom. The molecule has 5 heteroatoms. The number of halogens is 1. The van der Waals surface area contributed by atoms with Crippen LogP contribution in [-0.2, 0) is 11.3 Å². The summed E-state index contributed by atoms with van der Waals surface area (Å²) in [6.07, 6.45) is 0.957. The maximum Gasteiger partial charge on any atom is 0.234 e. The first kappa shape index (κ1) is 15.3. The molecule has 0 radical (unpaired) electrons. The van der Waals surface area contributed by atoms with Crippen molar-refractivity contribution in [1.29, 1.82) is 0 Å². The fourth-order valence-corrected chi connectivity index (χ4v) is 2.69. The van der Waals surface area contributed by atoms with Gasteiger partial charge in [0.2, 0.25) is 5.91 Å². The van der Waals surface area contributed by atoms with E-state index in [-0.39, 0.29) is 11.9 Å². The van der Waals surface area contributed by atoms with Gasteiger partial charge in [0.25, 0.3) is 0 Å². The van der Waals surface area contributed by atoms with Crippen LogP contribution in [0.1, 0.15) is 18.9 Å². The van der Waals surface area contributed by atoms with Gasteiger partial charge >= 0.3 is 0 Å². The van der Waals surface area contributed by atoms with Gasteiger partial charge in [-0.15, -0.1) is 0 Å². The summed E-state index contributed by atoms with van der Waals surface area (Å²) in [7, 11) is 0. The van der Waals surface area contributed by atoms with Gasteiger partial charge in [-0.1, -0.05) is 36.7 Å². The summed E-state index contributed by atoms with van der Waals surface area (Å²) in [5.41, 5.74) is 6.92. The van der Waals surface area contributed by atoms with Gasteiger partial charge in [-0.3, -0.25) is 9.69 Å². The van der Waals surface area contributed by atoms with E-state index >= 15 is 0 Å². The molecule has 1 aliphatic rings. The zero-order valence-corrected chi connectivity index (χ0v) is 12.6. The number of piperidine rings is 1. The molecule has 1 fully saturated rings. The first-order valence-electron chi connectivity index (χ1n) is 7.04. The van der Waals surface area contributed by atoms with Crippen LogP contribution in [0.15, 0.2) is 24.3 Å². The molecule has 0 aromatic heterocycles. The molecule has 0 aliphatic carbocycles. The maximum absolute atomic E-state index is 12.0. The summed E-state index contributed by atoms with van der Waals surface area (Å²) in [6.45, 7) is 4.83. The van der Waals surface area contributed by atoms with Gasteiger partial charge in [-0.2, -0.15) is 0 Å². The monoisotopic (exact) mass is 295 g/mol. The number of amides is 1. The zero-order valence-electron chi connectivity index (χ0n) is 11.8. The summed E-state index contributed by atoms with van der Waals surface area (Å²) >= 11 is 6.06. The number of nitrogens with zero attached hydrogens (tertiary/aromatic N) is 1. The molecular weight excluding hydrogens is 274 g/mol. The van der Waals surface area contributed by atoms with Crippen molar-refractivity contribution < 1.29 is 4.79 Å². The molecule has 1 aromatic carbocycles. The Hall–Kier alpha value is -1.10. The second-order valence-electron chi connectivity index (χ2n) is 5.53. The van der Waals surface area contributed by atoms with E-state index in [1.54, 1.807) is 0 Å². The number of benzene rings is 1. The van der Waals surface area contributed by atoms with Crippen LogP contribution in [0.2, 0.25) is 5.02 Å². The fraction of sp³-hybridized carbons (Fsp3) is 0.533. The van der Waals surface area contributed by atoms with E-state index in [0.29, 0.717) is 24.0 Å². The average molecular weight is 296 g/mol. The number of carbonyl (C=O) groups excluding carboxylic acids is 1. The van der Waals surface area contributed by atoms with Crippen molar-refractivity contribution in [3.63, 3.8) is 0 Å². The Labute approximate surface area is 125 Å². The number of hydrogen-bond acceptors (Lipinski definition) is 3. The molecule has 1 aromatic rings. The number of rotatable bonds is 4. The Morgan fingerprint density at radius 3 is 2.95 bits per heavy atom. The summed E-state index contributed by atoms with van der Waals surface area (Å²) in [5, 5.41) is 3.60. The molecule has 2 rings (SSSR count). The van der Waals surface area contributed by atoms with Crippen LogP contribution in [0.4, 0.5) is 0 Å². The standard InChI is InChI=1S/C15H22ClN3O/c1-11-9-19(7-6-14(11)17)10-15(20)18-8-12-4-2-3-5-13(12)16/h2-5,11,14H,6-10,17H2,1H3,(H,18,20). The predicted octanol–water partition coefficient (Wildman–Crippen LogP) is 1.63. The highest BCUT2D eigenvalue weighted by Gasteiger charge is 2.24. The lowest BCUT2D eigenvalue weighted by molar-refractivity contribution is -0.122. The van der Waals surface area contributed by atoms with Crippen molar-refractivity contribution in [3.05, 3.63) is 34.9 Å². The smallest absolute Gasteiger partial charge is 0.234 e. The van der Waals surface area contributed by atoms with E-state index in [9.17, 15) is 4.79 Å². The lowest BCUT2D eigenvalue weighted by Crippen LogP contribution is -2.48. The van der Waals surface area contributed by atoms with Crippen molar-refractivity contribution in [2.75, 3.05) is 19.6 Å². The lowest BCUT2D eigenvalue weighted by Gasteiger charge is -2.34. The van der Waals surface area contributed by atoms with E-state index < -0.39 is 0 Å². The highest BCUT2D eigenvalue weighted by atomic mass is 35.5. The maximum atomic E-state index is 12.0. The minimum Gasteiger partial charge on any atom is -0.351 e. The Bertz CT molecular complexity index is 466. The van der Waals surface area contributed by atoms with Crippen molar-refractivity contribution in [2.45, 2.75) is 25.9 Å². The average Bonchev–Trinajstić information content (AvgIpc) is 2.42. The van der Waals surface area contributed by atoms with Crippen molar-refractivity contribution in [2.24, 2.45) is 11.7 Å². The Kier molecular flexibility index (Phi) is 5.40. The predicted molar refractivity (Wildman–Crippen MR) is 81.5 cm³/mol. The van der Waals surface area contributed by atoms with Gasteiger partial charge in [0.15, 0.2) is 0 Å². The molecular formula is C15H22ClN3O. The number of likely N-dealkylation sites (tertiary alicyclic amines) is 1. The quantitative estimate of drug-likeness (QED) is 0.887. The van der Waals surface area contributed by atoms with Crippen molar-refractivity contribution in [3.8, 4) is 0 Å². The zero-order chi connectivity index (χ0) is 14.5. The molecule has 20 heavy (non-hydrogen) atoms. The molecule has 4 nitrogen and oxygen atoms in total. The van der Waals surface area contributed by atoms with E-state index in [1.807, 2.05) is 24.3 Å². The first-order chi connectivity index (χ1) is 9.56. The second kappa shape index (κ2) is 7.07. The summed E-state index contributed by atoms with van der Waals surface area (Å²) in [4.78, 5) is 14.1. The van der Waals surface area contributed by atoms with E-state index in [0.717, 1.165) is 25.1 Å². The normalized spacial score (nSPS) is 23.6. The molecule has 0 saturated carbocycles. The number of nitrogens with two attached hydrogens (primary N) is 1. The molecule has 2 unspecified atom stereocenters. The van der Waals surface area contributed by atoms with Gasteiger partial charge < -0.3 is 11.1 Å². The summed E-state index contributed by atoms with van der Waals surface area (Å²) in [5.74, 6) is 0.479. The first-order valence-corrected chi connectivity index (χ1v) is 7.42. The second-order valence-corrected chi connectivity index (χ2v) is 5.94. The minimum absolute atomic E-state index is 0.0348. The Balaban J connectivity index is 1.77. The fourth-order valence-electron chi connectivity index (χ4n) is 2.49. The van der Waals surface area contributed by atoms with Crippen LogP contribution in [0.3, 0.4) is 0 Å². The van der Waals surface area contributed by atoms with Gasteiger partial charge in [-0.25, -0.2) is 0 Å². The SMILES string of the molecule is CC1CN(CC(=O)NCc2ccccc2Cl)CCC1N. The Morgan fingerprint density at radius 2 is 2.25 bits per heavy atom. The highest BCUT2D eigenvalue weighted by molar-refractivity contribution is 6.31. The molecule has 1 saturated heterocycles. The molecule has 1 heterocycles. The minimum atomic E-state index is 0.0348. The van der Waals surface area contributed by atoms with E-state index in [4.69, 9.17) is 17.3 Å². The molecule has 110 valence electrons. The highest BCUT2D eigenvalue weighted by Crippen LogP contribution is 2.15. The van der Waals surface area contributed by atoms with Crippen LogP contribution in [-0.4, -0.2) is 36.5 Å². The number of carbonyl (C=O) groups is 1. The van der Waals surface area contributed by atoms with Crippen LogP contribution in [0, 0.1) is 5.92 Å². The van der Waals surface area contributed by atoms with Gasteiger partial charge in [0, 0.05) is 30.7 Å². The van der Waals surface area contributed by atoms with Crippen LogP contribution in [0.5, 0.6) is 0 Å². The van der Waals surface area contributed by atoms with E-state index in [1.165, 1.54) is 0 Å². The van der Waals surface area contributed by atoms with E-state index in [2.05, 4.69) is 17.1 Å². The third kappa shape index (κ3) is 4.20. The van der Waals surface area contributed by atoms with Crippen LogP contribution >= 0.6 is 11.6 Å². The van der Waals surface area contributed by atoms with Gasteiger partial charge in [0.1, 0.15) is 0 Å². The number of hydrogen-bond donors (Lipinski definition) is 2. The third-order valence-electron chi connectivity index (χ3n) is 3.86. The summed E-state index contributed by atoms with van der Waals surface area (Å²) < 4.78 is 0. The topological polar surface area (TPSA) is 58.4 Å². The molecule has 2 atom stereocenters. The molecule has 0 bridgehead atoms. The summed E-state index contributed by atoms with van der Waals surface area (Å²) in [6, 6.07) is 7.81. The van der Waals surface area contributed by atoms with Crippen molar-refractivity contribution in [1.82, 2.24) is 10.2 Å². The number of nitrogens with one attached hydrogen (secondary N) is 1. The molecule has 3 N–H and O–H groups in total. The molecule has 0 spiro atoms. The molecule has 1 amide bonds. The van der Waals surface area contributed by atoms with Crippen LogP contribution < -0.4 is 11.1 Å². The largest absolute Gasteiger partial charge is 0.351 e. The molecule has 1 aliphatic heterocycles.